The zero-order valence-corrected chi connectivity index (χ0v) is 16.4. The summed E-state index contributed by atoms with van der Waals surface area (Å²) < 4.78 is 13.0. The van der Waals surface area contributed by atoms with Gasteiger partial charge in [0.15, 0.2) is 0 Å². The lowest BCUT2D eigenvalue weighted by atomic mass is 9.91. The summed E-state index contributed by atoms with van der Waals surface area (Å²) in [5.74, 6) is 0.282. The molecule has 0 unspecified atom stereocenters. The Morgan fingerprint density at radius 1 is 1.38 bits per heavy atom. The van der Waals surface area contributed by atoms with Crippen molar-refractivity contribution in [3.63, 3.8) is 0 Å². The number of hydrogen-bond acceptors (Lipinski definition) is 4. The first kappa shape index (κ1) is 19.2. The van der Waals surface area contributed by atoms with Gasteiger partial charge in [0, 0.05) is 43.5 Å². The molecule has 0 N–H and O–H groups in total. The Balaban J connectivity index is 1.63. The van der Waals surface area contributed by atoms with E-state index >= 15 is 0 Å². The number of nitrogens with zero attached hydrogens (tertiary/aromatic N) is 4. The van der Waals surface area contributed by atoms with Crippen LogP contribution < -0.4 is 0 Å². The molecule has 1 aromatic heterocycles. The first-order valence-electron chi connectivity index (χ1n) is 9.65. The summed E-state index contributed by atoms with van der Waals surface area (Å²) in [7, 11) is 4.26. The number of fused-ring (bicyclic) bond motifs is 1. The summed E-state index contributed by atoms with van der Waals surface area (Å²) in [6, 6.07) is 4.64. The van der Waals surface area contributed by atoms with E-state index in [1.54, 1.807) is 6.07 Å². The van der Waals surface area contributed by atoms with E-state index < -0.39 is 0 Å². The average molecular weight is 362 g/mol. The molecule has 2 saturated heterocycles. The van der Waals surface area contributed by atoms with Crippen LogP contribution in [0.15, 0.2) is 18.3 Å². The first-order chi connectivity index (χ1) is 12.3. The van der Waals surface area contributed by atoms with Gasteiger partial charge in [-0.3, -0.25) is 14.7 Å². The van der Waals surface area contributed by atoms with E-state index in [2.05, 4.69) is 42.7 Å². The molecule has 2 fully saturated rings. The predicted octanol–water partition coefficient (Wildman–Crippen LogP) is 2.02. The minimum Gasteiger partial charge on any atom is -0.342 e. The molecule has 26 heavy (non-hydrogen) atoms. The van der Waals surface area contributed by atoms with Crippen LogP contribution in [-0.2, 0) is 11.2 Å². The van der Waals surface area contributed by atoms with Gasteiger partial charge in [-0.2, -0.15) is 0 Å². The van der Waals surface area contributed by atoms with E-state index in [1.807, 2.05) is 4.90 Å². The standard InChI is InChI=1S/C20H31FN4O/c1-14(2)25-18(13-23(3)4)9-15-12-24(8-7-19(15)25)20(26)10-17-6-5-16(21)11-22-17/h5-6,11,14-15,18-19H,7-10,12-13H2,1-4H3/t15-,18+,19+/m1/s1. The Labute approximate surface area is 156 Å². The van der Waals surface area contributed by atoms with E-state index in [4.69, 9.17) is 0 Å². The quantitative estimate of drug-likeness (QED) is 0.804. The van der Waals surface area contributed by atoms with Crippen LogP contribution >= 0.6 is 0 Å². The molecule has 5 nitrogen and oxygen atoms in total. The molecule has 3 rings (SSSR count). The third-order valence-electron chi connectivity index (χ3n) is 5.72. The number of carbonyl (C=O) groups excluding carboxylic acids is 1. The van der Waals surface area contributed by atoms with Gasteiger partial charge in [-0.1, -0.05) is 0 Å². The molecule has 0 aliphatic carbocycles. The van der Waals surface area contributed by atoms with E-state index in [0.29, 0.717) is 29.7 Å². The molecule has 0 spiro atoms. The molecule has 2 aliphatic rings. The van der Waals surface area contributed by atoms with Gasteiger partial charge in [0.1, 0.15) is 5.82 Å². The summed E-state index contributed by atoms with van der Waals surface area (Å²) in [4.78, 5) is 23.6. The molecule has 144 valence electrons. The lowest BCUT2D eigenvalue weighted by Crippen LogP contribution is -2.51. The highest BCUT2D eigenvalue weighted by molar-refractivity contribution is 5.78. The number of likely N-dealkylation sites (tertiary alicyclic amines) is 2. The number of likely N-dealkylation sites (N-methyl/N-ethyl adjacent to an activating group) is 1. The molecular weight excluding hydrogens is 331 g/mol. The van der Waals surface area contributed by atoms with Crippen molar-refractivity contribution in [1.29, 1.82) is 0 Å². The highest BCUT2D eigenvalue weighted by Crippen LogP contribution is 2.37. The van der Waals surface area contributed by atoms with Crippen LogP contribution in [0.5, 0.6) is 0 Å². The summed E-state index contributed by atoms with van der Waals surface area (Å²) in [5, 5.41) is 0. The molecule has 0 saturated carbocycles. The predicted molar refractivity (Wildman–Crippen MR) is 100 cm³/mol. The minimum absolute atomic E-state index is 0.106. The normalized spacial score (nSPS) is 26.6. The second-order valence-corrected chi connectivity index (χ2v) is 8.29. The Morgan fingerprint density at radius 2 is 2.15 bits per heavy atom. The van der Waals surface area contributed by atoms with Gasteiger partial charge in [0.25, 0.3) is 0 Å². The summed E-state index contributed by atoms with van der Waals surface area (Å²) >= 11 is 0. The fourth-order valence-corrected chi connectivity index (χ4v) is 4.79. The van der Waals surface area contributed by atoms with Crippen LogP contribution in [0.2, 0.25) is 0 Å². The van der Waals surface area contributed by atoms with Crippen LogP contribution in [-0.4, -0.2) is 77.4 Å². The van der Waals surface area contributed by atoms with Crippen LogP contribution in [0.1, 0.15) is 32.4 Å². The maximum absolute atomic E-state index is 13.0. The fourth-order valence-electron chi connectivity index (χ4n) is 4.79. The maximum atomic E-state index is 13.0. The van der Waals surface area contributed by atoms with E-state index in [9.17, 15) is 9.18 Å². The monoisotopic (exact) mass is 362 g/mol. The number of piperidine rings is 1. The summed E-state index contributed by atoms with van der Waals surface area (Å²) in [6.45, 7) is 7.26. The molecule has 3 heterocycles. The zero-order chi connectivity index (χ0) is 18.8. The molecule has 0 radical (unpaired) electrons. The summed E-state index contributed by atoms with van der Waals surface area (Å²) in [5.41, 5.74) is 0.638. The highest BCUT2D eigenvalue weighted by Gasteiger charge is 2.45. The van der Waals surface area contributed by atoms with Crippen molar-refractivity contribution in [1.82, 2.24) is 19.7 Å². The summed E-state index contributed by atoms with van der Waals surface area (Å²) in [6.07, 6.45) is 3.62. The number of hydrogen-bond donors (Lipinski definition) is 0. The first-order valence-corrected chi connectivity index (χ1v) is 9.65. The van der Waals surface area contributed by atoms with Crippen molar-refractivity contribution in [2.75, 3.05) is 33.7 Å². The number of halogens is 1. The number of aromatic nitrogens is 1. The van der Waals surface area contributed by atoms with Crippen LogP contribution in [0.4, 0.5) is 4.39 Å². The zero-order valence-electron chi connectivity index (χ0n) is 16.4. The highest BCUT2D eigenvalue weighted by atomic mass is 19.1. The van der Waals surface area contributed by atoms with Crippen LogP contribution in [0.25, 0.3) is 0 Å². The van der Waals surface area contributed by atoms with Crippen LogP contribution in [0.3, 0.4) is 0 Å². The maximum Gasteiger partial charge on any atom is 0.228 e. The van der Waals surface area contributed by atoms with Crippen LogP contribution in [0, 0.1) is 11.7 Å². The molecule has 1 amide bonds. The lowest BCUT2D eigenvalue weighted by Gasteiger charge is -2.40. The van der Waals surface area contributed by atoms with E-state index in [1.165, 1.54) is 12.3 Å². The van der Waals surface area contributed by atoms with Crippen molar-refractivity contribution < 1.29 is 9.18 Å². The number of pyridine rings is 1. The SMILES string of the molecule is CC(C)N1[C@H](CN(C)C)C[C@@H]2CN(C(=O)Cc3ccc(F)cn3)CC[C@@H]21. The topological polar surface area (TPSA) is 39.7 Å². The van der Waals surface area contributed by atoms with Gasteiger partial charge >= 0.3 is 0 Å². The Morgan fingerprint density at radius 3 is 2.77 bits per heavy atom. The fraction of sp³-hybridized carbons (Fsp3) is 0.700. The molecule has 2 aliphatic heterocycles. The smallest absolute Gasteiger partial charge is 0.228 e. The van der Waals surface area contributed by atoms with Crippen molar-refractivity contribution in [2.24, 2.45) is 5.92 Å². The van der Waals surface area contributed by atoms with E-state index in [0.717, 1.165) is 32.5 Å². The molecule has 1 aromatic rings. The Kier molecular flexibility index (Phi) is 5.92. The van der Waals surface area contributed by atoms with Gasteiger partial charge in [-0.25, -0.2) is 4.39 Å². The molecule has 6 heteroatoms. The van der Waals surface area contributed by atoms with Crippen molar-refractivity contribution in [3.8, 4) is 0 Å². The van der Waals surface area contributed by atoms with Gasteiger partial charge in [0.2, 0.25) is 5.91 Å². The second kappa shape index (κ2) is 8.01. The van der Waals surface area contributed by atoms with Gasteiger partial charge in [0.05, 0.1) is 12.6 Å². The average Bonchev–Trinajstić information content (AvgIpc) is 2.93. The van der Waals surface area contributed by atoms with Crippen molar-refractivity contribution >= 4 is 5.91 Å². The minimum atomic E-state index is -0.367. The number of carbonyl (C=O) groups is 1. The Hall–Kier alpha value is -1.53. The molecule has 0 aromatic carbocycles. The third-order valence-corrected chi connectivity index (χ3v) is 5.72. The largest absolute Gasteiger partial charge is 0.342 e. The van der Waals surface area contributed by atoms with Gasteiger partial charge in [-0.05, 0) is 58.8 Å². The number of amides is 1. The molecular formula is C20H31FN4O. The van der Waals surface area contributed by atoms with E-state index in [-0.39, 0.29) is 18.1 Å². The van der Waals surface area contributed by atoms with Gasteiger partial charge in [-0.15, -0.1) is 0 Å². The number of rotatable bonds is 5. The van der Waals surface area contributed by atoms with Gasteiger partial charge < -0.3 is 9.80 Å². The third kappa shape index (κ3) is 4.23. The molecule has 0 bridgehead atoms. The second-order valence-electron chi connectivity index (χ2n) is 8.29. The Bertz CT molecular complexity index is 619. The lowest BCUT2D eigenvalue weighted by molar-refractivity contribution is -0.132. The van der Waals surface area contributed by atoms with Crippen molar-refractivity contribution in [2.45, 2.75) is 51.2 Å². The molecule has 3 atom stereocenters. The van der Waals surface area contributed by atoms with Crippen molar-refractivity contribution in [3.05, 3.63) is 29.8 Å².